The molecule has 0 saturated heterocycles. The molecule has 4 heteroatoms. The van der Waals surface area contributed by atoms with E-state index in [2.05, 4.69) is 19.1 Å². The van der Waals surface area contributed by atoms with Crippen molar-refractivity contribution in [2.24, 2.45) is 5.92 Å². The number of carbonyl (C=O) groups is 1. The Morgan fingerprint density at radius 2 is 1.32 bits per heavy atom. The topological polar surface area (TPSA) is 77.8 Å². The number of aliphatic carboxylic acids is 1. The summed E-state index contributed by atoms with van der Waals surface area (Å²) in [5, 5.41) is 28.2. The summed E-state index contributed by atoms with van der Waals surface area (Å²) in [6, 6.07) is 0. The van der Waals surface area contributed by atoms with Crippen LogP contribution in [-0.4, -0.2) is 33.5 Å². The second-order valence-corrected chi connectivity index (χ2v) is 7.20. The number of aliphatic hydroxyl groups is 2. The first kappa shape index (κ1) is 24.1. The zero-order chi connectivity index (χ0) is 18.9. The van der Waals surface area contributed by atoms with Crippen LogP contribution >= 0.6 is 0 Å². The van der Waals surface area contributed by atoms with Crippen molar-refractivity contribution in [1.29, 1.82) is 0 Å². The van der Waals surface area contributed by atoms with Crippen LogP contribution in [0.25, 0.3) is 0 Å². The number of aliphatic hydroxyl groups excluding tert-OH is 2. The first-order valence-electron chi connectivity index (χ1n) is 10.2. The van der Waals surface area contributed by atoms with Crippen LogP contribution in [0.4, 0.5) is 0 Å². The van der Waals surface area contributed by atoms with Gasteiger partial charge in [-0.05, 0) is 39.0 Å². The lowest BCUT2D eigenvalue weighted by Crippen LogP contribution is -2.36. The number of hydrogen-bond acceptors (Lipinski definition) is 3. The number of allylic oxidation sites excluding steroid dienone is 2. The van der Waals surface area contributed by atoms with Crippen LogP contribution in [0.15, 0.2) is 12.2 Å². The number of unbranched alkanes of at least 4 members (excludes halogenated alkanes) is 10. The predicted octanol–water partition coefficient (Wildman–Crippen LogP) is 5.08. The highest BCUT2D eigenvalue weighted by Gasteiger charge is 2.29. The average molecular weight is 357 g/mol. The zero-order valence-corrected chi connectivity index (χ0v) is 16.3. The third-order valence-electron chi connectivity index (χ3n) is 4.75. The molecular formula is C21H40O4. The van der Waals surface area contributed by atoms with Gasteiger partial charge in [0.25, 0.3) is 0 Å². The lowest BCUT2D eigenvalue weighted by atomic mass is 9.92. The summed E-state index contributed by atoms with van der Waals surface area (Å²) in [6.45, 7) is 3.67. The molecule has 0 aromatic heterocycles. The van der Waals surface area contributed by atoms with E-state index >= 15 is 0 Å². The molecule has 3 unspecified atom stereocenters. The van der Waals surface area contributed by atoms with Gasteiger partial charge in [0.1, 0.15) is 0 Å². The Morgan fingerprint density at radius 1 is 0.840 bits per heavy atom. The molecule has 0 aliphatic carbocycles. The van der Waals surface area contributed by atoms with E-state index in [0.29, 0.717) is 6.42 Å². The van der Waals surface area contributed by atoms with Gasteiger partial charge in [-0.1, -0.05) is 70.4 Å². The SMILES string of the molecule is CCCCCCCC/C=C\CCCCCCC(C(=O)O)C(O)C(C)O. The molecule has 0 aliphatic rings. The van der Waals surface area contributed by atoms with Gasteiger partial charge in [0.15, 0.2) is 0 Å². The summed E-state index contributed by atoms with van der Waals surface area (Å²) in [7, 11) is 0. The molecule has 0 amide bonds. The van der Waals surface area contributed by atoms with Crippen LogP contribution in [0.1, 0.15) is 97.3 Å². The average Bonchev–Trinajstić information content (AvgIpc) is 2.57. The van der Waals surface area contributed by atoms with Crippen LogP contribution in [0.5, 0.6) is 0 Å². The maximum atomic E-state index is 11.1. The normalized spacial score (nSPS) is 15.4. The van der Waals surface area contributed by atoms with E-state index in [1.54, 1.807) is 0 Å². The lowest BCUT2D eigenvalue weighted by Gasteiger charge is -2.21. The molecule has 0 spiro atoms. The minimum Gasteiger partial charge on any atom is -0.481 e. The van der Waals surface area contributed by atoms with Gasteiger partial charge in [0.2, 0.25) is 0 Å². The number of carboxylic acids is 1. The van der Waals surface area contributed by atoms with Gasteiger partial charge in [-0.3, -0.25) is 4.79 Å². The summed E-state index contributed by atoms with van der Waals surface area (Å²) >= 11 is 0. The molecule has 0 aromatic carbocycles. The van der Waals surface area contributed by atoms with Gasteiger partial charge in [-0.2, -0.15) is 0 Å². The van der Waals surface area contributed by atoms with E-state index in [0.717, 1.165) is 32.1 Å². The lowest BCUT2D eigenvalue weighted by molar-refractivity contribution is -0.149. The van der Waals surface area contributed by atoms with E-state index in [4.69, 9.17) is 5.11 Å². The predicted molar refractivity (Wildman–Crippen MR) is 104 cm³/mol. The molecule has 25 heavy (non-hydrogen) atoms. The Balaban J connectivity index is 3.53. The van der Waals surface area contributed by atoms with E-state index in [9.17, 15) is 15.0 Å². The molecule has 3 N–H and O–H groups in total. The van der Waals surface area contributed by atoms with Crippen LogP contribution in [0.3, 0.4) is 0 Å². The second kappa shape index (κ2) is 16.6. The summed E-state index contributed by atoms with van der Waals surface area (Å²) in [5.74, 6) is -1.89. The standard InChI is InChI=1S/C21H40O4/c1-3-4-5-6-7-8-9-10-11-12-13-14-15-16-17-19(21(24)25)20(23)18(2)22/h10-11,18-20,22-23H,3-9,12-17H2,1-2H3,(H,24,25)/b11-10-. The molecule has 0 radical (unpaired) electrons. The van der Waals surface area contributed by atoms with Gasteiger partial charge in [-0.25, -0.2) is 0 Å². The van der Waals surface area contributed by atoms with E-state index in [1.165, 1.54) is 51.9 Å². The quantitative estimate of drug-likeness (QED) is 0.251. The van der Waals surface area contributed by atoms with Crippen molar-refractivity contribution in [2.75, 3.05) is 0 Å². The van der Waals surface area contributed by atoms with Gasteiger partial charge < -0.3 is 15.3 Å². The highest BCUT2D eigenvalue weighted by molar-refractivity contribution is 5.70. The molecule has 0 fully saturated rings. The molecule has 0 bridgehead atoms. The van der Waals surface area contributed by atoms with Crippen LogP contribution in [0, 0.1) is 5.92 Å². The number of hydrogen-bond donors (Lipinski definition) is 3. The summed E-state index contributed by atoms with van der Waals surface area (Å²) in [5.41, 5.74) is 0. The third-order valence-corrected chi connectivity index (χ3v) is 4.75. The monoisotopic (exact) mass is 356 g/mol. The summed E-state index contributed by atoms with van der Waals surface area (Å²) in [6.07, 6.45) is 17.1. The summed E-state index contributed by atoms with van der Waals surface area (Å²) in [4.78, 5) is 11.1. The van der Waals surface area contributed by atoms with Crippen molar-refractivity contribution >= 4 is 5.97 Å². The van der Waals surface area contributed by atoms with Crippen molar-refractivity contribution in [3.8, 4) is 0 Å². The zero-order valence-electron chi connectivity index (χ0n) is 16.3. The van der Waals surface area contributed by atoms with Crippen molar-refractivity contribution in [3.63, 3.8) is 0 Å². The van der Waals surface area contributed by atoms with Gasteiger partial charge in [0.05, 0.1) is 18.1 Å². The van der Waals surface area contributed by atoms with E-state index in [1.807, 2.05) is 0 Å². The molecule has 0 rings (SSSR count). The van der Waals surface area contributed by atoms with E-state index in [-0.39, 0.29) is 0 Å². The Bertz CT molecular complexity index is 339. The Morgan fingerprint density at radius 3 is 1.80 bits per heavy atom. The minimum absolute atomic E-state index is 0.426. The molecule has 0 aromatic rings. The molecule has 0 saturated carbocycles. The Kier molecular flexibility index (Phi) is 16.0. The van der Waals surface area contributed by atoms with Crippen molar-refractivity contribution in [3.05, 3.63) is 12.2 Å². The third kappa shape index (κ3) is 14.0. The van der Waals surface area contributed by atoms with Crippen molar-refractivity contribution < 1.29 is 20.1 Å². The van der Waals surface area contributed by atoms with Crippen LogP contribution < -0.4 is 0 Å². The van der Waals surface area contributed by atoms with Gasteiger partial charge in [-0.15, -0.1) is 0 Å². The Hall–Kier alpha value is -0.870. The first-order chi connectivity index (χ1) is 12.0. The number of carboxylic acid groups (broad SMARTS) is 1. The largest absolute Gasteiger partial charge is 0.481 e. The van der Waals surface area contributed by atoms with Gasteiger partial charge >= 0.3 is 5.97 Å². The van der Waals surface area contributed by atoms with Crippen LogP contribution in [0.2, 0.25) is 0 Å². The maximum absolute atomic E-state index is 11.1. The molecule has 4 nitrogen and oxygen atoms in total. The smallest absolute Gasteiger partial charge is 0.309 e. The fraction of sp³-hybridized carbons (Fsp3) is 0.857. The fourth-order valence-electron chi connectivity index (χ4n) is 3.03. The van der Waals surface area contributed by atoms with Gasteiger partial charge in [0, 0.05) is 0 Å². The van der Waals surface area contributed by atoms with Crippen LogP contribution in [-0.2, 0) is 4.79 Å². The molecule has 3 atom stereocenters. The highest BCUT2D eigenvalue weighted by Crippen LogP contribution is 2.18. The first-order valence-corrected chi connectivity index (χ1v) is 10.2. The molecular weight excluding hydrogens is 316 g/mol. The molecule has 0 heterocycles. The molecule has 148 valence electrons. The summed E-state index contributed by atoms with van der Waals surface area (Å²) < 4.78 is 0. The van der Waals surface area contributed by atoms with Crippen molar-refractivity contribution in [1.82, 2.24) is 0 Å². The minimum atomic E-state index is -1.18. The number of rotatable bonds is 17. The fourth-order valence-corrected chi connectivity index (χ4v) is 3.03. The maximum Gasteiger partial charge on any atom is 0.309 e. The van der Waals surface area contributed by atoms with E-state index < -0.39 is 24.1 Å². The molecule has 0 aliphatic heterocycles. The second-order valence-electron chi connectivity index (χ2n) is 7.20. The van der Waals surface area contributed by atoms with Crippen molar-refractivity contribution in [2.45, 2.75) is 110 Å². The Labute approximate surface area is 154 Å². The highest BCUT2D eigenvalue weighted by atomic mass is 16.4.